The van der Waals surface area contributed by atoms with Crippen LogP contribution >= 0.6 is 0 Å². The molecule has 0 atom stereocenters. The number of pyridine rings is 1. The monoisotopic (exact) mass is 395 g/mol. The molecule has 1 aliphatic rings. The Morgan fingerprint density at radius 3 is 2.93 bits per heavy atom. The van der Waals surface area contributed by atoms with Crippen LogP contribution in [0.1, 0.15) is 40.2 Å². The fourth-order valence-electron chi connectivity index (χ4n) is 3.06. The Kier molecular flexibility index (Phi) is 4.98. The van der Waals surface area contributed by atoms with Crippen molar-refractivity contribution >= 4 is 23.3 Å². The van der Waals surface area contributed by atoms with Gasteiger partial charge in [0.2, 0.25) is 5.89 Å². The van der Waals surface area contributed by atoms with Crippen LogP contribution in [0.4, 0.5) is 11.5 Å². The summed E-state index contributed by atoms with van der Waals surface area (Å²) in [7, 11) is 1.62. The molecule has 0 aliphatic heterocycles. The predicted molar refractivity (Wildman–Crippen MR) is 105 cm³/mol. The summed E-state index contributed by atoms with van der Waals surface area (Å²) in [5, 5.41) is 9.83. The lowest BCUT2D eigenvalue weighted by Crippen LogP contribution is -2.21. The zero-order valence-electron chi connectivity index (χ0n) is 15.9. The van der Waals surface area contributed by atoms with Crippen LogP contribution in [0.3, 0.4) is 0 Å². The minimum absolute atomic E-state index is 0.0270. The van der Waals surface area contributed by atoms with Crippen molar-refractivity contribution < 1.29 is 14.0 Å². The number of anilines is 2. The van der Waals surface area contributed by atoms with Gasteiger partial charge in [0.1, 0.15) is 12.1 Å². The van der Waals surface area contributed by atoms with Crippen LogP contribution in [0.5, 0.6) is 0 Å². The van der Waals surface area contributed by atoms with E-state index in [0.717, 1.165) is 12.4 Å². The molecule has 0 spiro atoms. The lowest BCUT2D eigenvalue weighted by molar-refractivity contribution is 0.0995. The highest BCUT2D eigenvalue weighted by molar-refractivity contribution is 6.07. The lowest BCUT2D eigenvalue weighted by Gasteiger charge is -2.25. The number of carbonyl (C=O) groups is 2. The van der Waals surface area contributed by atoms with Gasteiger partial charge < -0.3 is 20.8 Å². The number of nitrogens with two attached hydrogens (primary N) is 1. The van der Waals surface area contributed by atoms with Crippen molar-refractivity contribution in [2.45, 2.75) is 19.3 Å². The average molecular weight is 395 g/mol. The van der Waals surface area contributed by atoms with Crippen LogP contribution in [0.2, 0.25) is 0 Å². The van der Waals surface area contributed by atoms with E-state index in [1.54, 1.807) is 19.3 Å². The van der Waals surface area contributed by atoms with Gasteiger partial charge in [0.25, 0.3) is 11.8 Å². The number of carbonyl (C=O) groups excluding carboxylic acids is 2. The molecule has 4 rings (SSSR count). The smallest absolute Gasteiger partial charge is 0.277 e. The first-order chi connectivity index (χ1) is 14.0. The van der Waals surface area contributed by atoms with Gasteiger partial charge in [-0.2, -0.15) is 5.10 Å². The molecule has 1 saturated carbocycles. The van der Waals surface area contributed by atoms with Gasteiger partial charge in [-0.25, -0.2) is 9.97 Å². The van der Waals surface area contributed by atoms with Crippen LogP contribution in [-0.4, -0.2) is 38.1 Å². The van der Waals surface area contributed by atoms with Gasteiger partial charge in [0.15, 0.2) is 11.4 Å². The molecule has 29 heavy (non-hydrogen) atoms. The molecule has 0 bridgehead atoms. The van der Waals surface area contributed by atoms with Crippen molar-refractivity contribution in [1.29, 1.82) is 0 Å². The summed E-state index contributed by atoms with van der Waals surface area (Å²) in [4.78, 5) is 32.5. The first kappa shape index (κ1) is 18.7. The number of hydrogen-bond acceptors (Lipinski definition) is 7. The zero-order valence-corrected chi connectivity index (χ0v) is 15.9. The van der Waals surface area contributed by atoms with Gasteiger partial charge in [0, 0.05) is 31.5 Å². The molecule has 3 heterocycles. The molecule has 0 radical (unpaired) electrons. The number of amides is 2. The molecule has 0 unspecified atom stereocenters. The third-order valence-corrected chi connectivity index (χ3v) is 4.85. The fourth-order valence-corrected chi connectivity index (χ4v) is 3.06. The average Bonchev–Trinajstić information content (AvgIpc) is 3.28. The third-order valence-electron chi connectivity index (χ3n) is 4.85. The minimum atomic E-state index is -0.736. The van der Waals surface area contributed by atoms with E-state index in [2.05, 4.69) is 25.7 Å². The normalized spacial score (nSPS) is 13.7. The Morgan fingerprint density at radius 2 is 2.21 bits per heavy atom. The van der Waals surface area contributed by atoms with Gasteiger partial charge in [-0.3, -0.25) is 14.3 Å². The Bertz CT molecular complexity index is 1050. The molecular formula is C19H21N7O3. The zero-order chi connectivity index (χ0) is 20.4. The number of hydrogen-bond donors (Lipinski definition) is 3. The van der Waals surface area contributed by atoms with Crippen molar-refractivity contribution in [2.75, 3.05) is 17.2 Å². The fraction of sp³-hybridized carbons (Fsp3) is 0.316. The number of rotatable bonds is 7. The van der Waals surface area contributed by atoms with Gasteiger partial charge in [-0.15, -0.1) is 0 Å². The summed E-state index contributed by atoms with van der Waals surface area (Å²) in [6.07, 6.45) is 8.20. The largest absolute Gasteiger partial charge is 0.444 e. The highest BCUT2D eigenvalue weighted by Gasteiger charge is 2.20. The maximum absolute atomic E-state index is 12.5. The standard InChI is InChI=1S/C19H21N7O3/c1-26-9-13(16(25-26)17(20)27)23-18(28)14-10-29-19(24-14)12-5-6-21-15(7-12)22-8-11-3-2-4-11/h5-7,9-11H,2-4,8H2,1H3,(H2,20,27)(H,21,22)(H,23,28). The van der Waals surface area contributed by atoms with Crippen molar-refractivity contribution in [3.05, 3.63) is 42.2 Å². The van der Waals surface area contributed by atoms with Crippen molar-refractivity contribution in [1.82, 2.24) is 19.7 Å². The van der Waals surface area contributed by atoms with Crippen LogP contribution in [0, 0.1) is 5.92 Å². The molecule has 1 aliphatic carbocycles. The highest BCUT2D eigenvalue weighted by Crippen LogP contribution is 2.27. The van der Waals surface area contributed by atoms with E-state index in [1.807, 2.05) is 6.07 Å². The SMILES string of the molecule is Cn1cc(NC(=O)c2coc(-c3ccnc(NCC4CCC4)c3)n2)c(C(N)=O)n1. The number of aryl methyl sites for hydroxylation is 1. The molecule has 4 N–H and O–H groups in total. The number of aromatic nitrogens is 4. The Morgan fingerprint density at radius 1 is 1.38 bits per heavy atom. The molecule has 150 valence electrons. The summed E-state index contributed by atoms with van der Waals surface area (Å²) in [6.45, 7) is 0.892. The Labute approximate surface area is 166 Å². The highest BCUT2D eigenvalue weighted by atomic mass is 16.3. The number of nitrogens with zero attached hydrogens (tertiary/aromatic N) is 4. The Hall–Kier alpha value is -3.69. The topological polar surface area (TPSA) is 141 Å². The number of nitrogens with one attached hydrogen (secondary N) is 2. The van der Waals surface area contributed by atoms with E-state index in [1.165, 1.54) is 36.4 Å². The molecule has 0 aromatic carbocycles. The van der Waals surface area contributed by atoms with Gasteiger partial charge in [-0.1, -0.05) is 6.42 Å². The minimum Gasteiger partial charge on any atom is -0.444 e. The third kappa shape index (κ3) is 4.10. The van der Waals surface area contributed by atoms with E-state index >= 15 is 0 Å². The van der Waals surface area contributed by atoms with Gasteiger partial charge >= 0.3 is 0 Å². The van der Waals surface area contributed by atoms with Gasteiger partial charge in [0.05, 0.1) is 5.69 Å². The summed E-state index contributed by atoms with van der Waals surface area (Å²) in [5.74, 6) is 0.467. The Balaban J connectivity index is 1.46. The van der Waals surface area contributed by atoms with Crippen molar-refractivity contribution in [3.8, 4) is 11.5 Å². The van der Waals surface area contributed by atoms with Crippen LogP contribution in [0.15, 0.2) is 35.2 Å². The molecular weight excluding hydrogens is 374 g/mol. The summed E-state index contributed by atoms with van der Waals surface area (Å²) >= 11 is 0. The van der Waals surface area contributed by atoms with E-state index in [9.17, 15) is 9.59 Å². The first-order valence-electron chi connectivity index (χ1n) is 9.30. The van der Waals surface area contributed by atoms with Crippen molar-refractivity contribution in [3.63, 3.8) is 0 Å². The number of oxazole rings is 1. The second-order valence-electron chi connectivity index (χ2n) is 7.03. The van der Waals surface area contributed by atoms with Crippen LogP contribution in [-0.2, 0) is 7.05 Å². The summed E-state index contributed by atoms with van der Waals surface area (Å²) < 4.78 is 6.85. The lowest BCUT2D eigenvalue weighted by atomic mass is 9.85. The predicted octanol–water partition coefficient (Wildman–Crippen LogP) is 2.03. The van der Waals surface area contributed by atoms with E-state index in [-0.39, 0.29) is 17.1 Å². The molecule has 3 aromatic heterocycles. The van der Waals surface area contributed by atoms with Crippen LogP contribution < -0.4 is 16.4 Å². The molecule has 0 saturated heterocycles. The molecule has 3 aromatic rings. The molecule has 10 heteroatoms. The molecule has 1 fully saturated rings. The van der Waals surface area contributed by atoms with E-state index < -0.39 is 11.8 Å². The maximum Gasteiger partial charge on any atom is 0.277 e. The van der Waals surface area contributed by atoms with E-state index in [0.29, 0.717) is 17.4 Å². The maximum atomic E-state index is 12.5. The molecule has 2 amide bonds. The summed E-state index contributed by atoms with van der Waals surface area (Å²) in [5.41, 5.74) is 6.24. The summed E-state index contributed by atoms with van der Waals surface area (Å²) in [6, 6.07) is 3.59. The quantitative estimate of drug-likeness (QED) is 0.556. The van der Waals surface area contributed by atoms with Crippen LogP contribution in [0.25, 0.3) is 11.5 Å². The van der Waals surface area contributed by atoms with Crippen molar-refractivity contribution in [2.24, 2.45) is 18.7 Å². The van der Waals surface area contributed by atoms with Gasteiger partial charge in [-0.05, 0) is 30.9 Å². The van der Waals surface area contributed by atoms with E-state index in [4.69, 9.17) is 10.2 Å². The first-order valence-corrected chi connectivity index (χ1v) is 9.30. The number of primary amides is 1. The second kappa shape index (κ2) is 7.74. The second-order valence-corrected chi connectivity index (χ2v) is 7.03. The molecule has 10 nitrogen and oxygen atoms in total.